The molecule has 0 bridgehead atoms. The Kier molecular flexibility index (Phi) is 5.48. The highest BCUT2D eigenvalue weighted by molar-refractivity contribution is 4.91. The molecule has 0 radical (unpaired) electrons. The summed E-state index contributed by atoms with van der Waals surface area (Å²) in [6.45, 7) is -1.17. The number of aliphatic hydroxyl groups is 7. The Balaban J connectivity index is 2.01. The van der Waals surface area contributed by atoms with Crippen LogP contribution in [-0.2, 0) is 14.2 Å². The minimum atomic E-state index is -1.65. The summed E-state index contributed by atoms with van der Waals surface area (Å²) in [6, 6.07) is 0. The second kappa shape index (κ2) is 6.79. The van der Waals surface area contributed by atoms with E-state index >= 15 is 0 Å². The average Bonchev–Trinajstić information content (AvgIpc) is 2.75. The highest BCUT2D eigenvalue weighted by Gasteiger charge is 2.49. The van der Waals surface area contributed by atoms with Gasteiger partial charge in [-0.2, -0.15) is 0 Å². The van der Waals surface area contributed by atoms with E-state index in [1.165, 1.54) is 0 Å². The minimum Gasteiger partial charge on any atom is -0.394 e. The maximum atomic E-state index is 9.77. The molecule has 0 aromatic rings. The van der Waals surface area contributed by atoms with Gasteiger partial charge in [-0.05, 0) is 0 Å². The second-order valence-corrected chi connectivity index (χ2v) is 5.04. The highest BCUT2D eigenvalue weighted by atomic mass is 16.8. The van der Waals surface area contributed by atoms with Crippen LogP contribution in [0.4, 0.5) is 0 Å². The summed E-state index contributed by atoms with van der Waals surface area (Å²) in [5.41, 5.74) is 0. The lowest BCUT2D eigenvalue weighted by molar-refractivity contribution is -0.341. The van der Waals surface area contributed by atoms with Crippen molar-refractivity contribution in [3.8, 4) is 0 Å². The van der Waals surface area contributed by atoms with Crippen LogP contribution >= 0.6 is 0 Å². The number of ether oxygens (including phenoxy) is 3. The van der Waals surface area contributed by atoms with Crippen LogP contribution in [0.15, 0.2) is 0 Å². The molecule has 21 heavy (non-hydrogen) atoms. The van der Waals surface area contributed by atoms with E-state index in [2.05, 4.69) is 0 Å². The summed E-state index contributed by atoms with van der Waals surface area (Å²) in [7, 11) is 0. The third-order valence-corrected chi connectivity index (χ3v) is 3.62. The summed E-state index contributed by atoms with van der Waals surface area (Å²) < 4.78 is 15.3. The van der Waals surface area contributed by atoms with Crippen LogP contribution in [-0.4, -0.2) is 104 Å². The zero-order chi connectivity index (χ0) is 15.7. The van der Waals surface area contributed by atoms with Crippen LogP contribution < -0.4 is 0 Å². The summed E-state index contributed by atoms with van der Waals surface area (Å²) >= 11 is 0. The number of hydrogen-bond donors (Lipinski definition) is 7. The highest BCUT2D eigenvalue weighted by Crippen LogP contribution is 2.28. The molecule has 124 valence electrons. The Morgan fingerprint density at radius 1 is 0.619 bits per heavy atom. The molecule has 2 aliphatic heterocycles. The fourth-order valence-corrected chi connectivity index (χ4v) is 2.29. The molecule has 0 spiro atoms. The van der Waals surface area contributed by atoms with E-state index < -0.39 is 68.5 Å². The van der Waals surface area contributed by atoms with Crippen LogP contribution in [0, 0.1) is 0 Å². The van der Waals surface area contributed by atoms with Gasteiger partial charge in [-0.15, -0.1) is 0 Å². The molecule has 0 aromatic carbocycles. The third kappa shape index (κ3) is 3.19. The van der Waals surface area contributed by atoms with Crippen LogP contribution in [0.25, 0.3) is 0 Å². The van der Waals surface area contributed by atoms with E-state index in [-0.39, 0.29) is 0 Å². The Hall–Kier alpha value is -0.400. The fourth-order valence-electron chi connectivity index (χ4n) is 2.29. The molecular formula is C11H20O10. The molecule has 2 fully saturated rings. The van der Waals surface area contributed by atoms with Crippen molar-refractivity contribution in [3.63, 3.8) is 0 Å². The zero-order valence-electron chi connectivity index (χ0n) is 11.0. The molecule has 0 amide bonds. The molecule has 0 aliphatic carbocycles. The monoisotopic (exact) mass is 312 g/mol. The average molecular weight is 312 g/mol. The first kappa shape index (κ1) is 17.0. The number of rotatable bonds is 4. The van der Waals surface area contributed by atoms with Gasteiger partial charge in [0.25, 0.3) is 0 Å². The lowest BCUT2D eigenvalue weighted by Crippen LogP contribution is -2.60. The lowest BCUT2D eigenvalue weighted by atomic mass is 9.99. The van der Waals surface area contributed by atoms with Crippen molar-refractivity contribution >= 4 is 0 Å². The van der Waals surface area contributed by atoms with Gasteiger partial charge in [-0.3, -0.25) is 0 Å². The molecule has 10 nitrogen and oxygen atoms in total. The third-order valence-electron chi connectivity index (χ3n) is 3.62. The molecule has 0 aromatic heterocycles. The molecule has 2 unspecified atom stereocenters. The van der Waals surface area contributed by atoms with Crippen LogP contribution in [0.2, 0.25) is 0 Å². The summed E-state index contributed by atoms with van der Waals surface area (Å²) in [4.78, 5) is 0. The van der Waals surface area contributed by atoms with Gasteiger partial charge in [-0.25, -0.2) is 0 Å². The molecule has 2 heterocycles. The predicted molar refractivity (Wildman–Crippen MR) is 62.6 cm³/mol. The first-order valence-corrected chi connectivity index (χ1v) is 6.49. The number of hydrogen-bond acceptors (Lipinski definition) is 10. The van der Waals surface area contributed by atoms with Crippen molar-refractivity contribution in [1.82, 2.24) is 0 Å². The van der Waals surface area contributed by atoms with Crippen LogP contribution in [0.5, 0.6) is 0 Å². The Labute approximate surface area is 119 Å². The van der Waals surface area contributed by atoms with Crippen molar-refractivity contribution in [2.45, 2.75) is 55.3 Å². The van der Waals surface area contributed by atoms with E-state index in [0.717, 1.165) is 0 Å². The van der Waals surface area contributed by atoms with Gasteiger partial charge < -0.3 is 50.0 Å². The van der Waals surface area contributed by atoms with Crippen molar-refractivity contribution in [2.24, 2.45) is 0 Å². The Bertz CT molecular complexity index is 339. The maximum Gasteiger partial charge on any atom is 0.189 e. The van der Waals surface area contributed by atoms with Crippen LogP contribution in [0.1, 0.15) is 0 Å². The molecule has 7 N–H and O–H groups in total. The van der Waals surface area contributed by atoms with E-state index in [9.17, 15) is 25.5 Å². The molecule has 2 rings (SSSR count). The van der Waals surface area contributed by atoms with Crippen molar-refractivity contribution in [2.75, 3.05) is 13.2 Å². The Morgan fingerprint density at radius 2 is 1.00 bits per heavy atom. The summed E-state index contributed by atoms with van der Waals surface area (Å²) in [5.74, 6) is 0. The quantitative estimate of drug-likeness (QED) is 0.267. The van der Waals surface area contributed by atoms with E-state index in [1.807, 2.05) is 0 Å². The molecular weight excluding hydrogens is 292 g/mol. The largest absolute Gasteiger partial charge is 0.394 e. The standard InChI is InChI=1S/C11H20O10/c12-1-3-5(14)7(16)9(18)11(19-3)21-10-8(17)6(15)4(2-13)20-10/h3-18H,1-2H2/t3-,4-,5+,6+,7+,8-,9-,10?,11?/m1/s1. The van der Waals surface area contributed by atoms with Gasteiger partial charge >= 0.3 is 0 Å². The lowest BCUT2D eigenvalue weighted by Gasteiger charge is -2.40. The van der Waals surface area contributed by atoms with Crippen molar-refractivity contribution in [1.29, 1.82) is 0 Å². The van der Waals surface area contributed by atoms with Gasteiger partial charge in [0.15, 0.2) is 12.6 Å². The first-order valence-electron chi connectivity index (χ1n) is 6.49. The molecule has 2 saturated heterocycles. The van der Waals surface area contributed by atoms with Crippen LogP contribution in [0.3, 0.4) is 0 Å². The van der Waals surface area contributed by atoms with Gasteiger partial charge in [0.2, 0.25) is 0 Å². The smallest absolute Gasteiger partial charge is 0.189 e. The van der Waals surface area contributed by atoms with Gasteiger partial charge in [0, 0.05) is 0 Å². The Morgan fingerprint density at radius 3 is 1.43 bits per heavy atom. The first-order chi connectivity index (χ1) is 9.90. The van der Waals surface area contributed by atoms with Gasteiger partial charge in [0.1, 0.15) is 42.7 Å². The second-order valence-electron chi connectivity index (χ2n) is 5.04. The zero-order valence-corrected chi connectivity index (χ0v) is 11.0. The van der Waals surface area contributed by atoms with E-state index in [0.29, 0.717) is 0 Å². The summed E-state index contributed by atoms with van der Waals surface area (Å²) in [6.07, 6.45) is -12.8. The number of aliphatic hydroxyl groups excluding tert-OH is 7. The molecule has 10 heteroatoms. The predicted octanol–water partition coefficient (Wildman–Crippen LogP) is -4.76. The normalized spacial score (nSPS) is 51.3. The fraction of sp³-hybridized carbons (Fsp3) is 1.00. The minimum absolute atomic E-state index is 0.549. The molecule has 0 saturated carbocycles. The van der Waals surface area contributed by atoms with Gasteiger partial charge in [0.05, 0.1) is 13.2 Å². The van der Waals surface area contributed by atoms with Crippen molar-refractivity contribution < 1.29 is 50.0 Å². The summed E-state index contributed by atoms with van der Waals surface area (Å²) in [5, 5.41) is 66.2. The maximum absolute atomic E-state index is 9.77. The molecule has 2 aliphatic rings. The topological polar surface area (TPSA) is 169 Å². The van der Waals surface area contributed by atoms with E-state index in [4.69, 9.17) is 24.4 Å². The SMILES string of the molecule is OC[C@H]1OC(OC2O[C@H](CO)[C@H](O)[C@H]2O)[C@H](O)[C@@H](O)[C@H]1O. The van der Waals surface area contributed by atoms with E-state index in [1.54, 1.807) is 0 Å². The van der Waals surface area contributed by atoms with Gasteiger partial charge in [-0.1, -0.05) is 0 Å². The van der Waals surface area contributed by atoms with Crippen molar-refractivity contribution in [3.05, 3.63) is 0 Å². The molecule has 9 atom stereocenters.